The van der Waals surface area contributed by atoms with Crippen molar-refractivity contribution in [1.82, 2.24) is 20.9 Å². The summed E-state index contributed by atoms with van der Waals surface area (Å²) in [6, 6.07) is 5.01. The van der Waals surface area contributed by atoms with Gasteiger partial charge in [-0.2, -0.15) is 5.26 Å². The second-order valence-corrected chi connectivity index (χ2v) is 8.56. The first-order valence-electron chi connectivity index (χ1n) is 10.9. The predicted molar refractivity (Wildman–Crippen MR) is 119 cm³/mol. The molecule has 0 aliphatic carbocycles. The van der Waals surface area contributed by atoms with Crippen molar-refractivity contribution in [2.45, 2.75) is 45.2 Å². The zero-order chi connectivity index (χ0) is 24.1. The number of rotatable bonds is 9. The molecule has 0 radical (unpaired) electrons. The fourth-order valence-corrected chi connectivity index (χ4v) is 4.01. The van der Waals surface area contributed by atoms with Crippen LogP contribution < -0.4 is 20.7 Å². The molecule has 1 aromatic heterocycles. The molecule has 1 aromatic carbocycles. The summed E-state index contributed by atoms with van der Waals surface area (Å²) in [6.45, 7) is 4.30. The zero-order valence-electron chi connectivity index (χ0n) is 18.8. The minimum atomic E-state index is -0.988. The standard InChI is InChI=1S/C23H28FN5O4/c1-12(2)9-16(22(31)27-14(11-25)10-13-7-8-26-21(13)30)29-23(32)20-19(24)18-15(28-20)5-4-6-17(18)33-3/h4-6,12-14,16,28H,7-10H2,1-3H3,(H,26,30)(H,27,31)(H,29,32)/t13-,14-,16-/m0/s1. The van der Waals surface area contributed by atoms with Crippen molar-refractivity contribution in [2.24, 2.45) is 11.8 Å². The summed E-state index contributed by atoms with van der Waals surface area (Å²) in [4.78, 5) is 40.4. The summed E-state index contributed by atoms with van der Waals surface area (Å²) in [5, 5.41) is 17.5. The molecular weight excluding hydrogens is 429 g/mol. The Labute approximate surface area is 191 Å². The monoisotopic (exact) mass is 457 g/mol. The van der Waals surface area contributed by atoms with E-state index in [1.807, 2.05) is 19.9 Å². The first kappa shape index (κ1) is 24.0. The normalized spacial score (nSPS) is 17.3. The number of H-pyrrole nitrogens is 1. The van der Waals surface area contributed by atoms with Crippen LogP contribution in [0.25, 0.3) is 10.9 Å². The molecule has 4 N–H and O–H groups in total. The van der Waals surface area contributed by atoms with E-state index in [1.54, 1.807) is 18.2 Å². The third-order valence-electron chi connectivity index (χ3n) is 5.66. The molecule has 33 heavy (non-hydrogen) atoms. The van der Waals surface area contributed by atoms with Gasteiger partial charge in [-0.15, -0.1) is 0 Å². The number of hydrogen-bond donors (Lipinski definition) is 4. The highest BCUT2D eigenvalue weighted by Crippen LogP contribution is 2.30. The first-order chi connectivity index (χ1) is 15.7. The van der Waals surface area contributed by atoms with Crippen molar-refractivity contribution in [3.8, 4) is 11.8 Å². The molecule has 0 bridgehead atoms. The first-order valence-corrected chi connectivity index (χ1v) is 10.9. The van der Waals surface area contributed by atoms with Crippen LogP contribution in [0.15, 0.2) is 18.2 Å². The van der Waals surface area contributed by atoms with Crippen LogP contribution in [0.3, 0.4) is 0 Å². The number of aromatic nitrogens is 1. The van der Waals surface area contributed by atoms with E-state index in [4.69, 9.17) is 4.74 Å². The highest BCUT2D eigenvalue weighted by atomic mass is 19.1. The van der Waals surface area contributed by atoms with Gasteiger partial charge in [0, 0.05) is 12.5 Å². The number of hydrogen-bond acceptors (Lipinski definition) is 5. The summed E-state index contributed by atoms with van der Waals surface area (Å²) >= 11 is 0. The second kappa shape index (κ2) is 10.3. The largest absolute Gasteiger partial charge is 0.496 e. The topological polar surface area (TPSA) is 136 Å². The Morgan fingerprint density at radius 2 is 2.09 bits per heavy atom. The number of nitrogens with zero attached hydrogens (tertiary/aromatic N) is 1. The van der Waals surface area contributed by atoms with Gasteiger partial charge >= 0.3 is 0 Å². The molecule has 2 heterocycles. The number of nitrogens with one attached hydrogen (secondary N) is 4. The molecule has 0 spiro atoms. The average molecular weight is 458 g/mol. The molecule has 2 aromatic rings. The van der Waals surface area contributed by atoms with Crippen molar-refractivity contribution >= 4 is 28.6 Å². The van der Waals surface area contributed by atoms with Gasteiger partial charge in [-0.3, -0.25) is 14.4 Å². The van der Waals surface area contributed by atoms with E-state index in [2.05, 4.69) is 20.9 Å². The maximum atomic E-state index is 15.0. The van der Waals surface area contributed by atoms with Crippen LogP contribution in [0.4, 0.5) is 4.39 Å². The van der Waals surface area contributed by atoms with Gasteiger partial charge in [-0.1, -0.05) is 19.9 Å². The van der Waals surface area contributed by atoms with Crippen molar-refractivity contribution in [1.29, 1.82) is 5.26 Å². The van der Waals surface area contributed by atoms with Crippen LogP contribution in [0, 0.1) is 29.0 Å². The van der Waals surface area contributed by atoms with Crippen LogP contribution >= 0.6 is 0 Å². The molecule has 1 aliphatic heterocycles. The SMILES string of the molecule is COc1cccc2[nH]c(C(=O)N[C@@H](CC(C)C)C(=O)N[C@H](C#N)C[C@@H]3CCNC3=O)c(F)c12. The Kier molecular flexibility index (Phi) is 7.53. The van der Waals surface area contributed by atoms with E-state index in [1.165, 1.54) is 7.11 Å². The van der Waals surface area contributed by atoms with E-state index < -0.39 is 29.7 Å². The van der Waals surface area contributed by atoms with Gasteiger partial charge in [0.1, 0.15) is 23.5 Å². The molecule has 0 saturated carbocycles. The third-order valence-corrected chi connectivity index (χ3v) is 5.66. The lowest BCUT2D eigenvalue weighted by molar-refractivity contribution is -0.125. The summed E-state index contributed by atoms with van der Waals surface area (Å²) in [5.74, 6) is -2.28. The van der Waals surface area contributed by atoms with Crippen LogP contribution in [-0.2, 0) is 9.59 Å². The van der Waals surface area contributed by atoms with Crippen LogP contribution in [0.5, 0.6) is 5.75 Å². The lowest BCUT2D eigenvalue weighted by Gasteiger charge is -2.22. The molecule has 1 saturated heterocycles. The number of carbonyl (C=O) groups excluding carboxylic acids is 3. The number of aromatic amines is 1. The third kappa shape index (κ3) is 5.42. The highest BCUT2D eigenvalue weighted by Gasteiger charge is 2.31. The van der Waals surface area contributed by atoms with E-state index in [0.717, 1.165) is 0 Å². The maximum Gasteiger partial charge on any atom is 0.271 e. The van der Waals surface area contributed by atoms with E-state index in [-0.39, 0.29) is 47.4 Å². The maximum absolute atomic E-state index is 15.0. The zero-order valence-corrected chi connectivity index (χ0v) is 18.8. The molecule has 1 fully saturated rings. The van der Waals surface area contributed by atoms with Gasteiger partial charge in [-0.05, 0) is 37.3 Å². The van der Waals surface area contributed by atoms with Crippen molar-refractivity contribution in [3.05, 3.63) is 29.7 Å². The van der Waals surface area contributed by atoms with Gasteiger partial charge < -0.3 is 25.7 Å². The van der Waals surface area contributed by atoms with Gasteiger partial charge in [-0.25, -0.2) is 4.39 Å². The number of nitriles is 1. The molecule has 0 unspecified atom stereocenters. The number of fused-ring (bicyclic) bond motifs is 1. The van der Waals surface area contributed by atoms with Crippen LogP contribution in [-0.4, -0.2) is 48.4 Å². The second-order valence-electron chi connectivity index (χ2n) is 8.56. The van der Waals surface area contributed by atoms with Gasteiger partial charge in [0.25, 0.3) is 5.91 Å². The minimum absolute atomic E-state index is 0.0369. The fraction of sp³-hybridized carbons (Fsp3) is 0.478. The number of ether oxygens (including phenoxy) is 1. The Hall–Kier alpha value is -3.61. The number of benzene rings is 1. The van der Waals surface area contributed by atoms with Crippen LogP contribution in [0.1, 0.15) is 43.6 Å². The molecule has 3 amide bonds. The number of amides is 3. The molecular formula is C23H28FN5O4. The van der Waals surface area contributed by atoms with Crippen molar-refractivity contribution < 1.29 is 23.5 Å². The van der Waals surface area contributed by atoms with Crippen molar-refractivity contribution in [3.63, 3.8) is 0 Å². The van der Waals surface area contributed by atoms with E-state index in [0.29, 0.717) is 18.5 Å². The predicted octanol–water partition coefficient (Wildman–Crippen LogP) is 1.99. The van der Waals surface area contributed by atoms with Gasteiger partial charge in [0.2, 0.25) is 11.8 Å². The smallest absolute Gasteiger partial charge is 0.271 e. The van der Waals surface area contributed by atoms with E-state index >= 15 is 4.39 Å². The van der Waals surface area contributed by atoms with Gasteiger partial charge in [0.15, 0.2) is 5.82 Å². The minimum Gasteiger partial charge on any atom is -0.496 e. The lowest BCUT2D eigenvalue weighted by Crippen LogP contribution is -2.50. The summed E-state index contributed by atoms with van der Waals surface area (Å²) in [6.07, 6.45) is 1.07. The average Bonchev–Trinajstić information content (AvgIpc) is 3.34. The Morgan fingerprint density at radius 3 is 2.70 bits per heavy atom. The molecule has 3 rings (SSSR count). The number of methoxy groups -OCH3 is 1. The Balaban J connectivity index is 1.76. The summed E-state index contributed by atoms with van der Waals surface area (Å²) in [7, 11) is 1.41. The summed E-state index contributed by atoms with van der Waals surface area (Å²) < 4.78 is 20.2. The van der Waals surface area contributed by atoms with Gasteiger partial charge in [0.05, 0.1) is 24.1 Å². The summed E-state index contributed by atoms with van der Waals surface area (Å²) in [5.41, 5.74) is 0.0803. The lowest BCUT2D eigenvalue weighted by atomic mass is 9.98. The quantitative estimate of drug-likeness (QED) is 0.457. The Morgan fingerprint density at radius 1 is 1.33 bits per heavy atom. The van der Waals surface area contributed by atoms with Crippen molar-refractivity contribution in [2.75, 3.05) is 13.7 Å². The highest BCUT2D eigenvalue weighted by molar-refractivity contribution is 6.02. The van der Waals surface area contributed by atoms with Crippen LogP contribution in [0.2, 0.25) is 0 Å². The molecule has 1 aliphatic rings. The molecule has 3 atom stereocenters. The number of halogens is 1. The Bertz CT molecular complexity index is 1090. The fourth-order valence-electron chi connectivity index (χ4n) is 4.01. The van der Waals surface area contributed by atoms with E-state index in [9.17, 15) is 19.6 Å². The number of carbonyl (C=O) groups is 3. The molecule has 176 valence electrons. The molecule has 9 nitrogen and oxygen atoms in total. The molecule has 10 heteroatoms.